The van der Waals surface area contributed by atoms with E-state index in [0.29, 0.717) is 22.7 Å². The SMILES string of the molecule is Cc1ccc(C(CCO)NC(=O)c2c(C)c(Cl)c(C)[nH]c2=O)cc1. The van der Waals surface area contributed by atoms with Gasteiger partial charge in [0.25, 0.3) is 11.5 Å². The molecule has 128 valence electrons. The van der Waals surface area contributed by atoms with Crippen molar-refractivity contribution in [2.45, 2.75) is 33.2 Å². The van der Waals surface area contributed by atoms with Crippen LogP contribution in [0.1, 0.15) is 45.2 Å². The molecular formula is C18H21ClN2O3. The summed E-state index contributed by atoms with van der Waals surface area (Å²) in [5, 5.41) is 12.5. The van der Waals surface area contributed by atoms with Gasteiger partial charge in [0.2, 0.25) is 0 Å². The van der Waals surface area contributed by atoms with Gasteiger partial charge in [-0.15, -0.1) is 0 Å². The average Bonchev–Trinajstić information content (AvgIpc) is 2.53. The monoisotopic (exact) mass is 348 g/mol. The normalized spacial score (nSPS) is 12.0. The Labute approximate surface area is 145 Å². The number of aromatic amines is 1. The number of benzene rings is 1. The maximum absolute atomic E-state index is 12.6. The van der Waals surface area contributed by atoms with Gasteiger partial charge in [-0.25, -0.2) is 0 Å². The molecule has 1 unspecified atom stereocenters. The molecule has 3 N–H and O–H groups in total. The summed E-state index contributed by atoms with van der Waals surface area (Å²) < 4.78 is 0. The summed E-state index contributed by atoms with van der Waals surface area (Å²) in [5.41, 5.74) is 2.48. The van der Waals surface area contributed by atoms with Crippen molar-refractivity contribution >= 4 is 17.5 Å². The standard InChI is InChI=1S/C18H21ClN2O3/c1-10-4-6-13(7-5-10)14(8-9-22)21-18(24)15-11(2)16(19)12(3)20-17(15)23/h4-7,14,22H,8-9H2,1-3H3,(H,20,23)(H,21,24). The van der Waals surface area contributed by atoms with Crippen LogP contribution in [0.25, 0.3) is 0 Å². The zero-order valence-electron chi connectivity index (χ0n) is 13.9. The predicted octanol–water partition coefficient (Wildman–Crippen LogP) is 2.81. The molecule has 0 bridgehead atoms. The van der Waals surface area contributed by atoms with E-state index in [4.69, 9.17) is 11.6 Å². The molecular weight excluding hydrogens is 328 g/mol. The topological polar surface area (TPSA) is 82.2 Å². The van der Waals surface area contributed by atoms with Crippen LogP contribution in [0.2, 0.25) is 5.02 Å². The van der Waals surface area contributed by atoms with Crippen molar-refractivity contribution in [3.63, 3.8) is 0 Å². The van der Waals surface area contributed by atoms with Crippen LogP contribution < -0.4 is 10.9 Å². The van der Waals surface area contributed by atoms with E-state index in [2.05, 4.69) is 10.3 Å². The molecule has 0 spiro atoms. The minimum Gasteiger partial charge on any atom is -0.396 e. The van der Waals surface area contributed by atoms with Gasteiger partial charge in [0.05, 0.1) is 11.1 Å². The van der Waals surface area contributed by atoms with E-state index in [1.807, 2.05) is 31.2 Å². The summed E-state index contributed by atoms with van der Waals surface area (Å²) in [6, 6.07) is 7.28. The minimum absolute atomic E-state index is 0.000603. The summed E-state index contributed by atoms with van der Waals surface area (Å²) in [6.45, 7) is 5.22. The molecule has 1 atom stereocenters. The van der Waals surface area contributed by atoms with E-state index in [1.165, 1.54) is 0 Å². The molecule has 2 rings (SSSR count). The Morgan fingerprint density at radius 3 is 2.46 bits per heavy atom. The highest BCUT2D eigenvalue weighted by Crippen LogP contribution is 2.21. The van der Waals surface area contributed by atoms with E-state index in [9.17, 15) is 14.7 Å². The van der Waals surface area contributed by atoms with Crippen LogP contribution >= 0.6 is 11.6 Å². The molecule has 1 amide bonds. The molecule has 0 fully saturated rings. The summed E-state index contributed by atoms with van der Waals surface area (Å²) >= 11 is 6.14. The Kier molecular flexibility index (Phi) is 5.80. The van der Waals surface area contributed by atoms with Crippen molar-refractivity contribution in [2.75, 3.05) is 6.61 Å². The van der Waals surface area contributed by atoms with E-state index in [0.717, 1.165) is 11.1 Å². The molecule has 2 aromatic rings. The Hall–Kier alpha value is -2.11. The van der Waals surface area contributed by atoms with Gasteiger partial charge in [0.1, 0.15) is 5.56 Å². The summed E-state index contributed by atoms with van der Waals surface area (Å²) in [6.07, 6.45) is 0.353. The molecule has 5 nitrogen and oxygen atoms in total. The van der Waals surface area contributed by atoms with Gasteiger partial charge in [0.15, 0.2) is 0 Å². The number of carbonyl (C=O) groups excluding carboxylic acids is 1. The molecule has 0 saturated heterocycles. The summed E-state index contributed by atoms with van der Waals surface area (Å²) in [5.74, 6) is -0.505. The van der Waals surface area contributed by atoms with E-state index < -0.39 is 11.5 Å². The minimum atomic E-state index is -0.505. The zero-order chi connectivity index (χ0) is 17.9. The van der Waals surface area contributed by atoms with Crippen molar-refractivity contribution in [3.8, 4) is 0 Å². The van der Waals surface area contributed by atoms with Crippen LogP contribution in [0.5, 0.6) is 0 Å². The van der Waals surface area contributed by atoms with Crippen molar-refractivity contribution in [2.24, 2.45) is 0 Å². The second-order valence-corrected chi connectivity index (χ2v) is 6.22. The lowest BCUT2D eigenvalue weighted by Gasteiger charge is -2.19. The number of aryl methyl sites for hydroxylation is 2. The second-order valence-electron chi connectivity index (χ2n) is 5.84. The molecule has 0 aliphatic rings. The van der Waals surface area contributed by atoms with Crippen LogP contribution in [-0.4, -0.2) is 22.6 Å². The zero-order valence-corrected chi connectivity index (χ0v) is 14.7. The van der Waals surface area contributed by atoms with Crippen molar-refractivity contribution < 1.29 is 9.90 Å². The fraction of sp³-hybridized carbons (Fsp3) is 0.333. The first kappa shape index (κ1) is 18.2. The molecule has 1 aromatic carbocycles. The van der Waals surface area contributed by atoms with Gasteiger partial charge in [0, 0.05) is 12.3 Å². The molecule has 1 aromatic heterocycles. The number of rotatable bonds is 5. The smallest absolute Gasteiger partial charge is 0.261 e. The Morgan fingerprint density at radius 1 is 1.25 bits per heavy atom. The first-order valence-electron chi connectivity index (χ1n) is 7.72. The third-order valence-electron chi connectivity index (χ3n) is 3.99. The molecule has 0 saturated carbocycles. The summed E-state index contributed by atoms with van der Waals surface area (Å²) in [7, 11) is 0. The fourth-order valence-corrected chi connectivity index (χ4v) is 2.74. The third-order valence-corrected chi connectivity index (χ3v) is 4.56. The lowest BCUT2D eigenvalue weighted by molar-refractivity contribution is 0.0928. The number of aromatic nitrogens is 1. The van der Waals surface area contributed by atoms with E-state index in [1.54, 1.807) is 13.8 Å². The van der Waals surface area contributed by atoms with Gasteiger partial charge in [-0.05, 0) is 38.3 Å². The average molecular weight is 349 g/mol. The summed E-state index contributed by atoms with van der Waals surface area (Å²) in [4.78, 5) is 27.3. The quantitative estimate of drug-likeness (QED) is 0.777. The van der Waals surface area contributed by atoms with E-state index >= 15 is 0 Å². The first-order valence-corrected chi connectivity index (χ1v) is 8.10. The van der Waals surface area contributed by atoms with Crippen LogP contribution in [0.15, 0.2) is 29.1 Å². The van der Waals surface area contributed by atoms with Gasteiger partial charge in [-0.2, -0.15) is 0 Å². The van der Waals surface area contributed by atoms with Crippen molar-refractivity contribution in [3.05, 3.63) is 67.6 Å². The fourth-order valence-electron chi connectivity index (χ4n) is 2.60. The second kappa shape index (κ2) is 7.64. The van der Waals surface area contributed by atoms with Gasteiger partial charge < -0.3 is 15.4 Å². The number of pyridine rings is 1. The molecule has 24 heavy (non-hydrogen) atoms. The number of halogens is 1. The number of hydrogen-bond donors (Lipinski definition) is 3. The van der Waals surface area contributed by atoms with Crippen LogP contribution in [0.3, 0.4) is 0 Å². The first-order chi connectivity index (χ1) is 11.3. The Balaban J connectivity index is 2.34. The number of aliphatic hydroxyl groups is 1. The molecule has 0 radical (unpaired) electrons. The van der Waals surface area contributed by atoms with Crippen LogP contribution in [-0.2, 0) is 0 Å². The number of nitrogens with one attached hydrogen (secondary N) is 2. The Bertz CT molecular complexity index is 797. The Morgan fingerprint density at radius 2 is 1.88 bits per heavy atom. The molecule has 0 aliphatic carbocycles. The molecule has 1 heterocycles. The maximum Gasteiger partial charge on any atom is 0.261 e. The molecule has 6 heteroatoms. The van der Waals surface area contributed by atoms with Crippen LogP contribution in [0.4, 0.5) is 0 Å². The van der Waals surface area contributed by atoms with Gasteiger partial charge in [-0.1, -0.05) is 41.4 Å². The lowest BCUT2D eigenvalue weighted by Crippen LogP contribution is -2.34. The maximum atomic E-state index is 12.6. The number of amides is 1. The lowest BCUT2D eigenvalue weighted by atomic mass is 10.0. The molecule has 0 aliphatic heterocycles. The van der Waals surface area contributed by atoms with Gasteiger partial charge in [-0.3, -0.25) is 9.59 Å². The van der Waals surface area contributed by atoms with Gasteiger partial charge >= 0.3 is 0 Å². The largest absolute Gasteiger partial charge is 0.396 e. The third kappa shape index (κ3) is 3.86. The number of hydrogen-bond acceptors (Lipinski definition) is 3. The number of carbonyl (C=O) groups is 1. The van der Waals surface area contributed by atoms with Crippen molar-refractivity contribution in [1.29, 1.82) is 0 Å². The number of aliphatic hydroxyl groups excluding tert-OH is 1. The van der Waals surface area contributed by atoms with Crippen LogP contribution in [0, 0.1) is 20.8 Å². The highest BCUT2D eigenvalue weighted by Gasteiger charge is 2.21. The highest BCUT2D eigenvalue weighted by atomic mass is 35.5. The predicted molar refractivity (Wildman–Crippen MR) is 94.6 cm³/mol. The highest BCUT2D eigenvalue weighted by molar-refractivity contribution is 6.32. The van der Waals surface area contributed by atoms with E-state index in [-0.39, 0.29) is 18.2 Å². The number of H-pyrrole nitrogens is 1. The van der Waals surface area contributed by atoms with Crippen molar-refractivity contribution in [1.82, 2.24) is 10.3 Å².